The van der Waals surface area contributed by atoms with Gasteiger partial charge in [0.25, 0.3) is 0 Å². The monoisotopic (exact) mass is 915 g/mol. The SMILES string of the molecule is c1c2c(c(-n3c4ccccc4c4ccccc43)c(-c3ccccc3-n3c4c(c5cc(-n6c7ccccc7n7c8ccccc8nc67)ccc53)C=CCC4)c#1)-c1ccccc1-c1ccccc1-c1ccccc1-2. The number of rotatable bonds is 4. The predicted molar refractivity (Wildman–Crippen MR) is 296 cm³/mol. The maximum Gasteiger partial charge on any atom is 0.220 e. The van der Waals surface area contributed by atoms with E-state index in [0.29, 0.717) is 0 Å². The summed E-state index contributed by atoms with van der Waals surface area (Å²) in [5.74, 6) is 0.905. The third-order valence-electron chi connectivity index (χ3n) is 15.4. The van der Waals surface area contributed by atoms with Crippen LogP contribution in [-0.2, 0) is 6.42 Å². The van der Waals surface area contributed by atoms with Crippen molar-refractivity contribution in [1.82, 2.24) is 23.1 Å². The van der Waals surface area contributed by atoms with E-state index in [0.717, 1.165) is 108 Å². The molecule has 0 fully saturated rings. The predicted octanol–water partition coefficient (Wildman–Crippen LogP) is 16.7. The first-order valence-corrected chi connectivity index (χ1v) is 24.9. The Labute approximate surface area is 415 Å². The fraction of sp³-hybridized carbons (Fsp3) is 0.0299. The van der Waals surface area contributed by atoms with Gasteiger partial charge >= 0.3 is 0 Å². The number of para-hydroxylation sites is 7. The number of imidazole rings is 2. The molecule has 4 aromatic heterocycles. The van der Waals surface area contributed by atoms with Gasteiger partial charge in [0.15, 0.2) is 0 Å². The summed E-state index contributed by atoms with van der Waals surface area (Å²) in [6.45, 7) is 0. The average molecular weight is 916 g/mol. The number of benzene rings is 9. The fourth-order valence-electron chi connectivity index (χ4n) is 12.5. The first-order valence-electron chi connectivity index (χ1n) is 24.9. The van der Waals surface area contributed by atoms with Crippen molar-refractivity contribution in [3.05, 3.63) is 242 Å². The van der Waals surface area contributed by atoms with Crippen LogP contribution in [0.3, 0.4) is 0 Å². The van der Waals surface area contributed by atoms with Gasteiger partial charge in [-0.2, -0.15) is 0 Å². The number of hydrogen-bond acceptors (Lipinski definition) is 1. The van der Waals surface area contributed by atoms with Crippen LogP contribution in [0.5, 0.6) is 0 Å². The van der Waals surface area contributed by atoms with Crippen molar-refractivity contribution in [1.29, 1.82) is 0 Å². The molecule has 2 aliphatic carbocycles. The lowest BCUT2D eigenvalue weighted by Gasteiger charge is -2.26. The Morgan fingerprint density at radius 2 is 0.944 bits per heavy atom. The smallest absolute Gasteiger partial charge is 0.220 e. The topological polar surface area (TPSA) is 32.1 Å². The zero-order valence-corrected chi connectivity index (χ0v) is 39.0. The summed E-state index contributed by atoms with van der Waals surface area (Å²) in [6.07, 6.45) is 6.56. The summed E-state index contributed by atoms with van der Waals surface area (Å²) >= 11 is 0. The van der Waals surface area contributed by atoms with Gasteiger partial charge in [0.2, 0.25) is 5.78 Å². The minimum Gasteiger partial charge on any atom is -0.312 e. The molecule has 2 aliphatic rings. The van der Waals surface area contributed by atoms with Crippen molar-refractivity contribution in [2.24, 2.45) is 0 Å². The summed E-state index contributed by atoms with van der Waals surface area (Å²) in [5, 5.41) is 3.63. The second kappa shape index (κ2) is 14.9. The van der Waals surface area contributed by atoms with Crippen LogP contribution in [0.4, 0.5) is 0 Å². The van der Waals surface area contributed by atoms with Crippen LogP contribution in [0.15, 0.2) is 218 Å². The van der Waals surface area contributed by atoms with Crippen LogP contribution in [0.25, 0.3) is 139 Å². The Kier molecular flexibility index (Phi) is 8.14. The van der Waals surface area contributed by atoms with E-state index in [9.17, 15) is 0 Å². The molecule has 0 unspecified atom stereocenters. The van der Waals surface area contributed by atoms with Gasteiger partial charge in [0.05, 0.1) is 55.6 Å². The molecule has 0 aliphatic heterocycles. The molecule has 0 bridgehead atoms. The number of hydrogen-bond donors (Lipinski definition) is 0. The molecule has 10 aromatic carbocycles. The van der Waals surface area contributed by atoms with Crippen LogP contribution in [0.2, 0.25) is 0 Å². The van der Waals surface area contributed by atoms with E-state index in [1.807, 2.05) is 0 Å². The van der Waals surface area contributed by atoms with E-state index in [2.05, 4.69) is 255 Å². The standard InChI is InChI=1S/C67H41N5/c1-2-20-44-43(19-1)45-21-3-4-23-47(45)53-38-39-54(66(65(53)52-28-6-5-22-46(44)52)71-59-32-14-7-24-48(59)49-25-8-15-33-60(49)71)50-26-9-12-30-57(50)70-58-31-13-10-27-51(58)55-41-42(37-40-61(55)70)69-63-35-17-18-36-64(63)72-62-34-16-11-29-56(62)68-67(69)72/h1-12,14-30,32-37,40-41H,13,31H2. The third-order valence-corrected chi connectivity index (χ3v) is 15.4. The van der Waals surface area contributed by atoms with Gasteiger partial charge in [-0.15, -0.1) is 0 Å². The highest BCUT2D eigenvalue weighted by Crippen LogP contribution is 2.52. The number of fused-ring (bicyclic) bond motifs is 19. The van der Waals surface area contributed by atoms with E-state index >= 15 is 0 Å². The molecule has 0 saturated carbocycles. The van der Waals surface area contributed by atoms with Gasteiger partial charge in [0, 0.05) is 49.8 Å². The molecule has 5 heteroatoms. The van der Waals surface area contributed by atoms with Gasteiger partial charge in [0.1, 0.15) is 0 Å². The molecule has 16 rings (SSSR count). The molecular weight excluding hydrogens is 875 g/mol. The Bertz CT molecular complexity index is 4580. The molecule has 334 valence electrons. The Morgan fingerprint density at radius 1 is 0.403 bits per heavy atom. The van der Waals surface area contributed by atoms with Crippen molar-refractivity contribution in [2.45, 2.75) is 12.8 Å². The largest absolute Gasteiger partial charge is 0.312 e. The first kappa shape index (κ1) is 39.2. The highest BCUT2D eigenvalue weighted by atomic mass is 15.2. The van der Waals surface area contributed by atoms with Crippen molar-refractivity contribution >= 4 is 66.6 Å². The average Bonchev–Trinajstić information content (AvgIpc) is 4.18. The van der Waals surface area contributed by atoms with E-state index < -0.39 is 0 Å². The van der Waals surface area contributed by atoms with Crippen LogP contribution in [0.1, 0.15) is 17.7 Å². The number of aromatic nitrogens is 5. The van der Waals surface area contributed by atoms with Gasteiger partial charge in [-0.1, -0.05) is 176 Å². The summed E-state index contributed by atoms with van der Waals surface area (Å²) < 4.78 is 9.69. The van der Waals surface area contributed by atoms with Gasteiger partial charge in [-0.25, -0.2) is 4.98 Å². The zero-order chi connectivity index (χ0) is 47.0. The molecule has 0 N–H and O–H groups in total. The number of nitrogens with zero attached hydrogens (tertiary/aromatic N) is 5. The molecule has 0 spiro atoms. The molecule has 4 heterocycles. The molecule has 0 saturated heterocycles. The second-order valence-electron chi connectivity index (χ2n) is 19.1. The van der Waals surface area contributed by atoms with Crippen molar-refractivity contribution in [3.63, 3.8) is 0 Å². The third kappa shape index (κ3) is 5.35. The minimum atomic E-state index is 0.905. The fourth-order valence-corrected chi connectivity index (χ4v) is 12.5. The Morgan fingerprint density at radius 3 is 1.68 bits per heavy atom. The van der Waals surface area contributed by atoms with E-state index in [1.54, 1.807) is 0 Å². The quantitative estimate of drug-likeness (QED) is 0.173. The molecule has 0 atom stereocenters. The van der Waals surface area contributed by atoms with E-state index in [-0.39, 0.29) is 0 Å². The normalized spacial score (nSPS) is 12.7. The Hall–Kier alpha value is -9.63. The summed E-state index contributed by atoms with van der Waals surface area (Å²) in [4.78, 5) is 5.24. The molecular formula is C67H41N5. The molecule has 5 nitrogen and oxygen atoms in total. The van der Waals surface area contributed by atoms with Crippen LogP contribution >= 0.6 is 0 Å². The first-order chi connectivity index (χ1) is 35.8. The maximum atomic E-state index is 5.24. The van der Waals surface area contributed by atoms with E-state index in [1.165, 1.54) is 49.7 Å². The lowest BCUT2D eigenvalue weighted by Crippen LogP contribution is -2.07. The highest BCUT2D eigenvalue weighted by molar-refractivity contribution is 6.13. The second-order valence-corrected chi connectivity index (χ2v) is 19.1. The Balaban J connectivity index is 1.01. The summed E-state index contributed by atoms with van der Waals surface area (Å²) in [5.41, 5.74) is 24.9. The number of allylic oxidation sites excluding steroid dienone is 1. The maximum absolute atomic E-state index is 5.24. The van der Waals surface area contributed by atoms with Gasteiger partial charge in [-0.3, -0.25) is 8.97 Å². The highest BCUT2D eigenvalue weighted by Gasteiger charge is 2.30. The van der Waals surface area contributed by atoms with Crippen molar-refractivity contribution in [2.75, 3.05) is 0 Å². The minimum absolute atomic E-state index is 0.905. The van der Waals surface area contributed by atoms with Gasteiger partial charge < -0.3 is 9.13 Å². The van der Waals surface area contributed by atoms with Crippen molar-refractivity contribution in [3.8, 4) is 72.7 Å². The van der Waals surface area contributed by atoms with E-state index in [4.69, 9.17) is 4.98 Å². The van der Waals surface area contributed by atoms with Crippen LogP contribution in [0, 0.1) is 12.1 Å². The molecule has 0 amide bonds. The molecule has 0 radical (unpaired) electrons. The molecule has 14 aromatic rings. The van der Waals surface area contributed by atoms with Crippen LogP contribution in [-0.4, -0.2) is 23.1 Å². The lowest BCUT2D eigenvalue weighted by molar-refractivity contribution is 0.889. The zero-order valence-electron chi connectivity index (χ0n) is 39.0. The van der Waals surface area contributed by atoms with Gasteiger partial charge in [-0.05, 0) is 107 Å². The molecule has 72 heavy (non-hydrogen) atoms. The summed E-state index contributed by atoms with van der Waals surface area (Å²) in [6, 6.07) is 85.4. The van der Waals surface area contributed by atoms with Crippen molar-refractivity contribution < 1.29 is 0 Å². The summed E-state index contributed by atoms with van der Waals surface area (Å²) in [7, 11) is 0. The van der Waals surface area contributed by atoms with Crippen LogP contribution < -0.4 is 0 Å². The lowest BCUT2D eigenvalue weighted by atomic mass is 9.80.